The number of anilines is 2. The Morgan fingerprint density at radius 1 is 1.23 bits per heavy atom. The molecule has 3 N–H and O–H groups in total. The molecule has 186 valence electrons. The van der Waals surface area contributed by atoms with Crippen LogP contribution in [-0.4, -0.2) is 50.4 Å². The fourth-order valence-electron chi connectivity index (χ4n) is 4.15. The van der Waals surface area contributed by atoms with Crippen LogP contribution in [0.2, 0.25) is 0 Å². The summed E-state index contributed by atoms with van der Waals surface area (Å²) in [6.07, 6.45) is 2.30. The van der Waals surface area contributed by atoms with Gasteiger partial charge in [0.15, 0.2) is 0 Å². The topological polar surface area (TPSA) is 128 Å². The van der Waals surface area contributed by atoms with E-state index in [1.807, 2.05) is 6.92 Å². The number of ketones is 1. The number of aromatic nitrogens is 2. The summed E-state index contributed by atoms with van der Waals surface area (Å²) in [5.41, 5.74) is 6.01. The quantitative estimate of drug-likeness (QED) is 0.456. The maximum atomic E-state index is 13.8. The highest BCUT2D eigenvalue weighted by Crippen LogP contribution is 2.33. The van der Waals surface area contributed by atoms with Crippen molar-refractivity contribution in [1.82, 2.24) is 15.3 Å². The van der Waals surface area contributed by atoms with Crippen molar-refractivity contribution in [3.8, 4) is 5.75 Å². The molecule has 1 aliphatic rings. The number of nitrogen functional groups attached to an aromatic ring is 1. The molecule has 0 saturated carbocycles. The van der Waals surface area contributed by atoms with Crippen LogP contribution in [0.25, 0.3) is 0 Å². The lowest BCUT2D eigenvalue weighted by atomic mass is 10.0. The van der Waals surface area contributed by atoms with Crippen molar-refractivity contribution in [3.63, 3.8) is 0 Å². The number of halogens is 1. The van der Waals surface area contributed by atoms with Gasteiger partial charge in [-0.05, 0) is 64.0 Å². The first-order valence-electron chi connectivity index (χ1n) is 11.0. The van der Waals surface area contributed by atoms with Crippen molar-refractivity contribution in [2.45, 2.75) is 37.6 Å². The standard InChI is InChI=1S/C23H26FN5O4S2/c1-13-10-20(14(2)34-13)35(31,32)29(16-6-8-26-9-7-16)23-27-12-18(22(25)28-23)21(30)17-11-15(24)4-5-19(17)33-3/h4-5,10-12,16,26H,6-9H2,1-3H3,(H2,25,27,28). The van der Waals surface area contributed by atoms with E-state index in [0.717, 1.165) is 10.9 Å². The number of hydrogen-bond donors (Lipinski definition) is 2. The minimum absolute atomic E-state index is 0.0391. The predicted octanol–water partition coefficient (Wildman–Crippen LogP) is 3.06. The number of nitrogens with one attached hydrogen (secondary N) is 1. The van der Waals surface area contributed by atoms with Crippen molar-refractivity contribution >= 4 is 38.9 Å². The molecule has 0 aliphatic carbocycles. The summed E-state index contributed by atoms with van der Waals surface area (Å²) in [6, 6.07) is 4.81. The molecule has 4 rings (SSSR count). The number of ether oxygens (including phenoxy) is 1. The third kappa shape index (κ3) is 4.86. The van der Waals surface area contributed by atoms with Gasteiger partial charge in [-0.15, -0.1) is 11.3 Å². The third-order valence-corrected chi connectivity index (χ3v) is 8.88. The zero-order valence-corrected chi connectivity index (χ0v) is 21.2. The van der Waals surface area contributed by atoms with Gasteiger partial charge in [0, 0.05) is 16.0 Å². The van der Waals surface area contributed by atoms with Gasteiger partial charge in [0.1, 0.15) is 22.3 Å². The molecule has 1 aromatic carbocycles. The van der Waals surface area contributed by atoms with E-state index in [0.29, 0.717) is 30.8 Å². The van der Waals surface area contributed by atoms with Crippen molar-refractivity contribution in [3.05, 3.63) is 57.2 Å². The molecule has 0 spiro atoms. The summed E-state index contributed by atoms with van der Waals surface area (Å²) in [5.74, 6) is -1.40. The van der Waals surface area contributed by atoms with E-state index < -0.39 is 21.6 Å². The van der Waals surface area contributed by atoms with Crippen LogP contribution in [0.4, 0.5) is 16.2 Å². The Hall–Kier alpha value is -3.09. The van der Waals surface area contributed by atoms with Crippen LogP contribution in [0, 0.1) is 19.7 Å². The summed E-state index contributed by atoms with van der Waals surface area (Å²) in [6.45, 7) is 4.89. The fraction of sp³-hybridized carbons (Fsp3) is 0.348. The highest BCUT2D eigenvalue weighted by molar-refractivity contribution is 7.93. The molecule has 1 aliphatic heterocycles. The van der Waals surface area contributed by atoms with Crippen LogP contribution in [0.5, 0.6) is 5.75 Å². The van der Waals surface area contributed by atoms with Crippen LogP contribution in [0.3, 0.4) is 0 Å². The number of nitrogens with two attached hydrogens (primary N) is 1. The van der Waals surface area contributed by atoms with Crippen LogP contribution in [0.1, 0.15) is 38.5 Å². The van der Waals surface area contributed by atoms with E-state index in [4.69, 9.17) is 10.5 Å². The molecule has 0 radical (unpaired) electrons. The second-order valence-corrected chi connectivity index (χ2v) is 11.4. The zero-order valence-electron chi connectivity index (χ0n) is 19.5. The Bertz CT molecular complexity index is 1370. The number of thiophene rings is 1. The van der Waals surface area contributed by atoms with E-state index in [2.05, 4.69) is 15.3 Å². The monoisotopic (exact) mass is 519 g/mol. The lowest BCUT2D eigenvalue weighted by Gasteiger charge is -2.33. The minimum atomic E-state index is -4.00. The minimum Gasteiger partial charge on any atom is -0.496 e. The lowest BCUT2D eigenvalue weighted by molar-refractivity contribution is 0.103. The van der Waals surface area contributed by atoms with E-state index >= 15 is 0 Å². The Balaban J connectivity index is 1.78. The lowest BCUT2D eigenvalue weighted by Crippen LogP contribution is -2.47. The second kappa shape index (κ2) is 9.88. The molecule has 0 bridgehead atoms. The summed E-state index contributed by atoms with van der Waals surface area (Å²) >= 11 is 1.40. The van der Waals surface area contributed by atoms with Crippen molar-refractivity contribution in [1.29, 1.82) is 0 Å². The van der Waals surface area contributed by atoms with Crippen molar-refractivity contribution in [2.24, 2.45) is 0 Å². The summed E-state index contributed by atoms with van der Waals surface area (Å²) in [4.78, 5) is 23.3. The Morgan fingerprint density at radius 2 is 1.94 bits per heavy atom. The SMILES string of the molecule is COc1ccc(F)cc1C(=O)c1cnc(N(C2CCNCC2)S(=O)(=O)c2cc(C)sc2C)nc1N. The van der Waals surface area contributed by atoms with Crippen LogP contribution in [-0.2, 0) is 10.0 Å². The molecule has 1 fully saturated rings. The smallest absolute Gasteiger partial charge is 0.268 e. The van der Waals surface area contributed by atoms with Gasteiger partial charge >= 0.3 is 0 Å². The number of carbonyl (C=O) groups is 1. The summed E-state index contributed by atoms with van der Waals surface area (Å²) < 4.78 is 47.8. The molecule has 3 aromatic rings. The predicted molar refractivity (Wildman–Crippen MR) is 132 cm³/mol. The fourth-order valence-corrected chi connectivity index (χ4v) is 7.29. The molecule has 1 saturated heterocycles. The average molecular weight is 520 g/mol. The molecular formula is C23H26FN5O4S2. The van der Waals surface area contributed by atoms with Gasteiger partial charge in [-0.3, -0.25) is 4.79 Å². The highest BCUT2D eigenvalue weighted by atomic mass is 32.2. The number of nitrogens with zero attached hydrogens (tertiary/aromatic N) is 3. The molecule has 0 unspecified atom stereocenters. The van der Waals surface area contributed by atoms with Gasteiger partial charge < -0.3 is 15.8 Å². The molecule has 0 atom stereocenters. The molecule has 35 heavy (non-hydrogen) atoms. The van der Waals surface area contributed by atoms with E-state index in [-0.39, 0.29) is 39.6 Å². The van der Waals surface area contributed by atoms with Crippen LogP contribution < -0.4 is 20.1 Å². The van der Waals surface area contributed by atoms with Crippen LogP contribution >= 0.6 is 11.3 Å². The number of carbonyl (C=O) groups excluding carboxylic acids is 1. The summed E-state index contributed by atoms with van der Waals surface area (Å²) in [5, 5.41) is 3.22. The summed E-state index contributed by atoms with van der Waals surface area (Å²) in [7, 11) is -2.64. The van der Waals surface area contributed by atoms with Crippen molar-refractivity contribution in [2.75, 3.05) is 30.2 Å². The molecule has 9 nitrogen and oxygen atoms in total. The Labute approximate surface area is 207 Å². The average Bonchev–Trinajstić information content (AvgIpc) is 3.18. The Morgan fingerprint density at radius 3 is 2.54 bits per heavy atom. The maximum Gasteiger partial charge on any atom is 0.268 e. The number of aryl methyl sites for hydroxylation is 2. The number of benzene rings is 1. The Kier molecular flexibility index (Phi) is 7.06. The molecule has 0 amide bonds. The number of rotatable bonds is 7. The first-order valence-corrected chi connectivity index (χ1v) is 13.2. The first-order chi connectivity index (χ1) is 16.6. The van der Waals surface area contributed by atoms with Crippen LogP contribution in [0.15, 0.2) is 35.4 Å². The third-order valence-electron chi connectivity index (χ3n) is 5.83. The van der Waals surface area contributed by atoms with Gasteiger partial charge in [0.05, 0.1) is 24.3 Å². The first kappa shape index (κ1) is 25.0. The molecule has 12 heteroatoms. The van der Waals surface area contributed by atoms with Gasteiger partial charge in [0.25, 0.3) is 10.0 Å². The van der Waals surface area contributed by atoms with E-state index in [9.17, 15) is 17.6 Å². The van der Waals surface area contributed by atoms with Gasteiger partial charge in [-0.1, -0.05) is 0 Å². The zero-order chi connectivity index (χ0) is 25.3. The van der Waals surface area contributed by atoms with E-state index in [1.165, 1.54) is 41.1 Å². The van der Waals surface area contributed by atoms with Gasteiger partial charge in [-0.25, -0.2) is 22.1 Å². The largest absolute Gasteiger partial charge is 0.496 e. The number of methoxy groups -OCH3 is 1. The number of piperidine rings is 1. The second-order valence-electron chi connectivity index (χ2n) is 8.20. The maximum absolute atomic E-state index is 13.8. The van der Waals surface area contributed by atoms with Gasteiger partial charge in [0.2, 0.25) is 11.7 Å². The number of hydrogen-bond acceptors (Lipinski definition) is 9. The highest BCUT2D eigenvalue weighted by Gasteiger charge is 2.36. The van der Waals surface area contributed by atoms with Crippen molar-refractivity contribution < 1.29 is 22.3 Å². The van der Waals surface area contributed by atoms with Gasteiger partial charge in [-0.2, -0.15) is 4.98 Å². The molecular weight excluding hydrogens is 493 g/mol. The normalized spacial score (nSPS) is 14.6. The molecule has 3 heterocycles. The number of sulfonamides is 1. The van der Waals surface area contributed by atoms with E-state index in [1.54, 1.807) is 13.0 Å². The molecule has 2 aromatic heterocycles.